The van der Waals surface area contributed by atoms with Crippen LogP contribution < -0.4 is 15.5 Å². The number of fused-ring (bicyclic) bond motifs is 1. The highest BCUT2D eigenvalue weighted by Crippen LogP contribution is 2.46. The summed E-state index contributed by atoms with van der Waals surface area (Å²) in [7, 11) is 0. The predicted molar refractivity (Wildman–Crippen MR) is 146 cm³/mol. The number of hydrogen-bond donors (Lipinski definition) is 2. The second-order valence-corrected chi connectivity index (χ2v) is 11.3. The van der Waals surface area contributed by atoms with E-state index in [1.54, 1.807) is 12.1 Å². The van der Waals surface area contributed by atoms with E-state index in [-0.39, 0.29) is 41.4 Å². The number of Topliss-reactive ketones (excluding diaryl/α,β-unsaturated/α-hetero) is 1. The van der Waals surface area contributed by atoms with Crippen LogP contribution in [0.25, 0.3) is 0 Å². The van der Waals surface area contributed by atoms with Crippen molar-refractivity contribution in [3.05, 3.63) is 83.3 Å². The van der Waals surface area contributed by atoms with Crippen LogP contribution in [-0.4, -0.2) is 30.8 Å². The second-order valence-electron chi connectivity index (χ2n) is 11.3. The van der Waals surface area contributed by atoms with Crippen LogP contribution in [0.5, 0.6) is 0 Å². The standard InChI is InChI=1S/C31H36FN3O2/c1-31(2)18-25-29(27(36)19-31)30(22-8-4-3-5-9-22)35(26-11-7-6-10-24(26)34-25)20-28(37)33-17-16-21-12-14-23(32)15-13-21/h3-4,6-7,10-15,22,30,34H,5,8-9,16-20H2,1-2H3,(H,33,37). The van der Waals surface area contributed by atoms with Crippen LogP contribution in [0.4, 0.5) is 15.8 Å². The first kappa shape index (κ1) is 25.2. The first-order valence-electron chi connectivity index (χ1n) is 13.4. The minimum Gasteiger partial charge on any atom is -0.357 e. The Kier molecular flexibility index (Phi) is 7.18. The first-order valence-corrected chi connectivity index (χ1v) is 13.4. The van der Waals surface area contributed by atoms with E-state index in [2.05, 4.69) is 41.5 Å². The number of amides is 1. The van der Waals surface area contributed by atoms with Crippen molar-refractivity contribution < 1.29 is 14.0 Å². The summed E-state index contributed by atoms with van der Waals surface area (Å²) < 4.78 is 13.2. The molecule has 0 radical (unpaired) electrons. The molecule has 2 N–H and O–H groups in total. The Hall–Kier alpha value is -3.41. The fourth-order valence-corrected chi connectivity index (χ4v) is 6.07. The van der Waals surface area contributed by atoms with Gasteiger partial charge in [0.05, 0.1) is 24.0 Å². The van der Waals surface area contributed by atoms with E-state index in [1.165, 1.54) is 12.1 Å². The molecule has 2 unspecified atom stereocenters. The highest BCUT2D eigenvalue weighted by Gasteiger charge is 2.43. The lowest BCUT2D eigenvalue weighted by Gasteiger charge is -2.41. The van der Waals surface area contributed by atoms with Crippen molar-refractivity contribution in [1.29, 1.82) is 0 Å². The van der Waals surface area contributed by atoms with Crippen molar-refractivity contribution in [3.63, 3.8) is 0 Å². The molecular weight excluding hydrogens is 465 g/mol. The number of anilines is 2. The van der Waals surface area contributed by atoms with E-state index in [1.807, 2.05) is 24.3 Å². The zero-order valence-corrected chi connectivity index (χ0v) is 21.7. The summed E-state index contributed by atoms with van der Waals surface area (Å²) in [5, 5.41) is 6.68. The normalized spacial score (nSPS) is 22.6. The lowest BCUT2D eigenvalue weighted by atomic mass is 9.71. The van der Waals surface area contributed by atoms with Gasteiger partial charge in [-0.25, -0.2) is 4.39 Å². The molecule has 2 aromatic rings. The predicted octanol–water partition coefficient (Wildman–Crippen LogP) is 5.78. The van der Waals surface area contributed by atoms with Crippen LogP contribution in [0, 0.1) is 17.2 Å². The summed E-state index contributed by atoms with van der Waals surface area (Å²) in [5.41, 5.74) is 4.62. The zero-order valence-electron chi connectivity index (χ0n) is 21.7. The highest BCUT2D eigenvalue weighted by molar-refractivity contribution is 6.01. The van der Waals surface area contributed by atoms with Crippen LogP contribution in [0.3, 0.4) is 0 Å². The summed E-state index contributed by atoms with van der Waals surface area (Å²) in [6.07, 6.45) is 9.24. The molecule has 0 fully saturated rings. The molecule has 0 saturated heterocycles. The number of rotatable bonds is 6. The van der Waals surface area contributed by atoms with Gasteiger partial charge < -0.3 is 15.5 Å². The molecule has 37 heavy (non-hydrogen) atoms. The molecular formula is C31H36FN3O2. The molecule has 1 heterocycles. The summed E-state index contributed by atoms with van der Waals surface area (Å²) in [4.78, 5) is 29.2. The monoisotopic (exact) mass is 501 g/mol. The van der Waals surface area contributed by atoms with Crippen LogP contribution in [0.15, 0.2) is 72.0 Å². The van der Waals surface area contributed by atoms with Crippen LogP contribution >= 0.6 is 0 Å². The molecule has 2 atom stereocenters. The average Bonchev–Trinajstić information content (AvgIpc) is 2.99. The Labute approximate surface area is 218 Å². The van der Waals surface area contributed by atoms with Crippen molar-refractivity contribution in [2.24, 2.45) is 11.3 Å². The van der Waals surface area contributed by atoms with Gasteiger partial charge in [-0.2, -0.15) is 0 Å². The Balaban J connectivity index is 1.45. The van der Waals surface area contributed by atoms with Gasteiger partial charge in [0.2, 0.25) is 5.91 Å². The van der Waals surface area contributed by atoms with Crippen LogP contribution in [-0.2, 0) is 16.0 Å². The smallest absolute Gasteiger partial charge is 0.239 e. The van der Waals surface area contributed by atoms with Gasteiger partial charge in [0.1, 0.15) is 5.82 Å². The zero-order chi connectivity index (χ0) is 26.0. The van der Waals surface area contributed by atoms with Gasteiger partial charge in [0.15, 0.2) is 5.78 Å². The van der Waals surface area contributed by atoms with Gasteiger partial charge in [0, 0.05) is 24.2 Å². The summed E-state index contributed by atoms with van der Waals surface area (Å²) in [5.74, 6) is 0.0908. The average molecular weight is 502 g/mol. The van der Waals surface area contributed by atoms with E-state index in [0.717, 1.165) is 53.9 Å². The quantitative estimate of drug-likeness (QED) is 0.492. The van der Waals surface area contributed by atoms with Gasteiger partial charge in [-0.05, 0) is 73.3 Å². The lowest BCUT2D eigenvalue weighted by Crippen LogP contribution is -2.50. The molecule has 5 nitrogen and oxygen atoms in total. The molecule has 0 aromatic heterocycles. The molecule has 0 bridgehead atoms. The maximum atomic E-state index is 13.7. The van der Waals surface area contributed by atoms with Crippen molar-refractivity contribution in [2.45, 2.75) is 58.4 Å². The molecule has 2 aliphatic carbocycles. The van der Waals surface area contributed by atoms with Crippen molar-refractivity contribution >= 4 is 23.1 Å². The number of para-hydroxylation sites is 2. The molecule has 6 heteroatoms. The molecule has 3 aliphatic rings. The molecule has 1 aliphatic heterocycles. The lowest BCUT2D eigenvalue weighted by molar-refractivity contribution is -0.120. The number of benzene rings is 2. The first-order chi connectivity index (χ1) is 17.8. The molecule has 0 saturated carbocycles. The van der Waals surface area contributed by atoms with Gasteiger partial charge in [-0.3, -0.25) is 9.59 Å². The molecule has 2 aromatic carbocycles. The molecule has 5 rings (SSSR count). The minimum absolute atomic E-state index is 0.0825. The fourth-order valence-electron chi connectivity index (χ4n) is 6.07. The van der Waals surface area contributed by atoms with E-state index in [0.29, 0.717) is 19.4 Å². The summed E-state index contributed by atoms with van der Waals surface area (Å²) in [6, 6.07) is 14.3. The van der Waals surface area contributed by atoms with Gasteiger partial charge >= 0.3 is 0 Å². The number of ketones is 1. The maximum Gasteiger partial charge on any atom is 0.239 e. The van der Waals surface area contributed by atoms with Crippen molar-refractivity contribution in [3.8, 4) is 0 Å². The highest BCUT2D eigenvalue weighted by atomic mass is 19.1. The number of nitrogens with zero attached hydrogens (tertiary/aromatic N) is 1. The fraction of sp³-hybridized carbons (Fsp3) is 0.419. The number of carbonyl (C=O) groups excluding carboxylic acids is 2. The maximum absolute atomic E-state index is 13.7. The topological polar surface area (TPSA) is 61.4 Å². The molecule has 0 spiro atoms. The summed E-state index contributed by atoms with van der Waals surface area (Å²) in [6.45, 7) is 4.94. The number of allylic oxidation sites excluding steroid dienone is 3. The second kappa shape index (κ2) is 10.5. The third-order valence-corrected chi connectivity index (χ3v) is 7.77. The third kappa shape index (κ3) is 5.63. The Morgan fingerprint density at radius 3 is 2.65 bits per heavy atom. The van der Waals surface area contributed by atoms with E-state index < -0.39 is 0 Å². The number of hydrogen-bond acceptors (Lipinski definition) is 4. The van der Waals surface area contributed by atoms with Crippen LogP contribution in [0.1, 0.15) is 51.5 Å². The van der Waals surface area contributed by atoms with Crippen molar-refractivity contribution in [2.75, 3.05) is 23.3 Å². The molecule has 1 amide bonds. The molecule has 194 valence electrons. The van der Waals surface area contributed by atoms with Gasteiger partial charge in [0.25, 0.3) is 0 Å². The Morgan fingerprint density at radius 2 is 1.89 bits per heavy atom. The van der Waals surface area contributed by atoms with Crippen LogP contribution in [0.2, 0.25) is 0 Å². The number of nitrogens with one attached hydrogen (secondary N) is 2. The SMILES string of the molecule is CC1(C)CC(=O)C2=C(C1)Nc1ccccc1N(CC(=O)NCCc1ccc(F)cc1)C2C1CC=CCC1. The minimum atomic E-state index is -0.265. The largest absolute Gasteiger partial charge is 0.357 e. The summed E-state index contributed by atoms with van der Waals surface area (Å²) >= 11 is 0. The van der Waals surface area contributed by atoms with Crippen molar-refractivity contribution in [1.82, 2.24) is 5.32 Å². The van der Waals surface area contributed by atoms with Gasteiger partial charge in [-0.15, -0.1) is 0 Å². The van der Waals surface area contributed by atoms with E-state index in [4.69, 9.17) is 0 Å². The van der Waals surface area contributed by atoms with E-state index >= 15 is 0 Å². The van der Waals surface area contributed by atoms with E-state index in [9.17, 15) is 14.0 Å². The Morgan fingerprint density at radius 1 is 1.11 bits per heavy atom. The third-order valence-electron chi connectivity index (χ3n) is 7.77. The number of halogens is 1. The Bertz CT molecular complexity index is 1230. The number of carbonyl (C=O) groups is 2. The van der Waals surface area contributed by atoms with Gasteiger partial charge in [-0.1, -0.05) is 50.3 Å².